The van der Waals surface area contributed by atoms with Gasteiger partial charge in [0.2, 0.25) is 5.78 Å². The van der Waals surface area contributed by atoms with Crippen molar-refractivity contribution in [2.45, 2.75) is 25.3 Å². The highest BCUT2D eigenvalue weighted by Crippen LogP contribution is 2.28. The van der Waals surface area contributed by atoms with Crippen LogP contribution in [-0.2, 0) is 16.4 Å². The van der Waals surface area contributed by atoms with Crippen LogP contribution in [0.4, 0.5) is 0 Å². The van der Waals surface area contributed by atoms with Crippen LogP contribution in [0.2, 0.25) is 5.02 Å². The molecule has 0 atom stereocenters. The van der Waals surface area contributed by atoms with Gasteiger partial charge in [-0.2, -0.15) is 0 Å². The van der Waals surface area contributed by atoms with Crippen molar-refractivity contribution in [1.29, 1.82) is 0 Å². The number of aryl methyl sites for hydroxylation is 1. The van der Waals surface area contributed by atoms with E-state index in [1.165, 1.54) is 29.9 Å². The van der Waals surface area contributed by atoms with Crippen molar-refractivity contribution in [2.75, 3.05) is 6.26 Å². The molecule has 0 saturated heterocycles. The molecule has 0 saturated carbocycles. The van der Waals surface area contributed by atoms with Crippen LogP contribution in [0.25, 0.3) is 0 Å². The first-order valence-corrected chi connectivity index (χ1v) is 8.77. The van der Waals surface area contributed by atoms with Crippen molar-refractivity contribution in [3.8, 4) is 0 Å². The number of halogens is 1. The summed E-state index contributed by atoms with van der Waals surface area (Å²) in [6, 6.07) is 2.66. The molecule has 0 aliphatic carbocycles. The van der Waals surface area contributed by atoms with Crippen LogP contribution in [-0.4, -0.2) is 30.2 Å². The molecule has 0 aliphatic heterocycles. The first-order valence-electron chi connectivity index (χ1n) is 6.50. The number of benzene rings is 1. The maximum atomic E-state index is 12.5. The van der Waals surface area contributed by atoms with Gasteiger partial charge >= 0.3 is 0 Å². The van der Waals surface area contributed by atoms with E-state index in [0.29, 0.717) is 12.1 Å². The van der Waals surface area contributed by atoms with Crippen molar-refractivity contribution in [3.63, 3.8) is 0 Å². The van der Waals surface area contributed by atoms with Crippen LogP contribution >= 0.6 is 11.6 Å². The molecule has 2 rings (SSSR count). The SMILES string of the molecule is CCn1[nH]cc(C(=O)c2ccc(S(C)(=O)=O)c(C)c2Cl)c1=O. The van der Waals surface area contributed by atoms with E-state index in [4.69, 9.17) is 11.6 Å². The number of H-pyrrole nitrogens is 1. The minimum Gasteiger partial charge on any atom is -0.302 e. The summed E-state index contributed by atoms with van der Waals surface area (Å²) in [6.45, 7) is 3.70. The first-order chi connectivity index (χ1) is 10.2. The van der Waals surface area contributed by atoms with Crippen LogP contribution in [0, 0.1) is 6.92 Å². The number of ketones is 1. The largest absolute Gasteiger partial charge is 0.302 e. The third-order valence-corrected chi connectivity index (χ3v) is 5.11. The average Bonchev–Trinajstić information content (AvgIpc) is 2.80. The Hall–Kier alpha value is -1.86. The number of aromatic amines is 1. The average molecular weight is 343 g/mol. The summed E-state index contributed by atoms with van der Waals surface area (Å²) in [6.07, 6.45) is 2.39. The lowest BCUT2D eigenvalue weighted by Crippen LogP contribution is -2.21. The van der Waals surface area contributed by atoms with Gasteiger partial charge in [0, 0.05) is 24.6 Å². The molecular weight excluding hydrogens is 328 g/mol. The Balaban J connectivity index is 2.59. The molecule has 1 N–H and O–H groups in total. The van der Waals surface area contributed by atoms with Crippen molar-refractivity contribution in [3.05, 3.63) is 50.4 Å². The molecule has 0 unspecified atom stereocenters. The Morgan fingerprint density at radius 3 is 2.45 bits per heavy atom. The zero-order chi connectivity index (χ0) is 16.7. The van der Waals surface area contributed by atoms with Gasteiger partial charge in [-0.1, -0.05) is 11.6 Å². The van der Waals surface area contributed by atoms with Crippen molar-refractivity contribution in [2.24, 2.45) is 0 Å². The van der Waals surface area contributed by atoms with Crippen LogP contribution < -0.4 is 5.56 Å². The second-order valence-electron chi connectivity index (χ2n) is 4.89. The van der Waals surface area contributed by atoms with Crippen molar-refractivity contribution >= 4 is 27.2 Å². The third kappa shape index (κ3) is 2.74. The van der Waals surface area contributed by atoms with E-state index in [1.807, 2.05) is 0 Å². The Bertz CT molecular complexity index is 909. The predicted octanol–water partition coefficient (Wildman–Crippen LogP) is 1.79. The Morgan fingerprint density at radius 1 is 1.32 bits per heavy atom. The molecule has 118 valence electrons. The highest BCUT2D eigenvalue weighted by atomic mass is 35.5. The van der Waals surface area contributed by atoms with Gasteiger partial charge in [-0.25, -0.2) is 8.42 Å². The van der Waals surface area contributed by atoms with Gasteiger partial charge in [-0.15, -0.1) is 0 Å². The van der Waals surface area contributed by atoms with Crippen LogP contribution in [0.3, 0.4) is 0 Å². The zero-order valence-corrected chi connectivity index (χ0v) is 13.9. The highest BCUT2D eigenvalue weighted by Gasteiger charge is 2.22. The number of sulfone groups is 1. The molecule has 0 fully saturated rings. The molecular formula is C14H15ClN2O4S. The van der Waals surface area contributed by atoms with Gasteiger partial charge in [-0.05, 0) is 31.5 Å². The molecule has 1 heterocycles. The van der Waals surface area contributed by atoms with Gasteiger partial charge in [-0.3, -0.25) is 14.3 Å². The van der Waals surface area contributed by atoms with Crippen LogP contribution in [0.1, 0.15) is 28.4 Å². The molecule has 1 aromatic heterocycles. The number of carbonyl (C=O) groups excluding carboxylic acids is 1. The van der Waals surface area contributed by atoms with Gasteiger partial charge < -0.3 is 5.10 Å². The summed E-state index contributed by atoms with van der Waals surface area (Å²) in [5, 5.41) is 2.73. The van der Waals surface area contributed by atoms with Gasteiger partial charge in [0.25, 0.3) is 5.56 Å². The third-order valence-electron chi connectivity index (χ3n) is 3.38. The molecule has 0 bridgehead atoms. The maximum Gasteiger partial charge on any atom is 0.277 e. The minimum absolute atomic E-state index is 0.0322. The molecule has 8 heteroatoms. The molecule has 1 aromatic carbocycles. The zero-order valence-electron chi connectivity index (χ0n) is 12.3. The van der Waals surface area contributed by atoms with E-state index in [2.05, 4.69) is 5.10 Å². The number of nitrogens with one attached hydrogen (secondary N) is 1. The summed E-state index contributed by atoms with van der Waals surface area (Å²) in [7, 11) is -3.44. The number of rotatable bonds is 4. The molecule has 6 nitrogen and oxygen atoms in total. The quantitative estimate of drug-likeness (QED) is 0.858. The summed E-state index contributed by atoms with van der Waals surface area (Å²) >= 11 is 6.14. The Kier molecular flexibility index (Phi) is 4.30. The summed E-state index contributed by atoms with van der Waals surface area (Å²) < 4.78 is 24.6. The van der Waals surface area contributed by atoms with Crippen molar-refractivity contribution in [1.82, 2.24) is 9.78 Å². The fraction of sp³-hybridized carbons (Fsp3) is 0.286. The number of hydrogen-bond donors (Lipinski definition) is 1. The van der Waals surface area contributed by atoms with Gasteiger partial charge in [0.05, 0.1) is 9.92 Å². The highest BCUT2D eigenvalue weighted by molar-refractivity contribution is 7.90. The van der Waals surface area contributed by atoms with E-state index in [-0.39, 0.29) is 21.0 Å². The first kappa shape index (κ1) is 16.5. The van der Waals surface area contributed by atoms with Gasteiger partial charge in [0.1, 0.15) is 5.56 Å². The molecule has 0 radical (unpaired) electrons. The van der Waals surface area contributed by atoms with E-state index >= 15 is 0 Å². The van der Waals surface area contributed by atoms with E-state index in [0.717, 1.165) is 6.26 Å². The van der Waals surface area contributed by atoms with Gasteiger partial charge in [0.15, 0.2) is 9.84 Å². The molecule has 0 aliphatic rings. The molecule has 22 heavy (non-hydrogen) atoms. The fourth-order valence-corrected chi connectivity index (χ4v) is 3.48. The number of aromatic nitrogens is 2. The maximum absolute atomic E-state index is 12.5. The Labute approximate surface area is 132 Å². The lowest BCUT2D eigenvalue weighted by atomic mass is 10.0. The molecule has 0 amide bonds. The lowest BCUT2D eigenvalue weighted by molar-refractivity contribution is 0.103. The van der Waals surface area contributed by atoms with Crippen LogP contribution in [0.15, 0.2) is 28.0 Å². The summed E-state index contributed by atoms with van der Waals surface area (Å²) in [4.78, 5) is 24.5. The topological polar surface area (TPSA) is 89.0 Å². The number of nitrogens with zero attached hydrogens (tertiary/aromatic N) is 1. The lowest BCUT2D eigenvalue weighted by Gasteiger charge is -2.09. The molecule has 0 spiro atoms. The summed E-state index contributed by atoms with van der Waals surface area (Å²) in [5.74, 6) is -0.540. The standard InChI is InChI=1S/C14H15ClN2O4S/c1-4-17-14(19)10(7-16-17)13(18)9-5-6-11(22(3,20)21)8(2)12(9)15/h5-7,16H,4H2,1-3H3. The predicted molar refractivity (Wildman–Crippen MR) is 83.5 cm³/mol. The number of carbonyl (C=O) groups is 1. The summed E-state index contributed by atoms with van der Waals surface area (Å²) in [5.41, 5.74) is -0.0732. The van der Waals surface area contributed by atoms with E-state index in [1.54, 1.807) is 6.92 Å². The normalized spacial score (nSPS) is 11.6. The Morgan fingerprint density at radius 2 is 1.95 bits per heavy atom. The fourth-order valence-electron chi connectivity index (χ4n) is 2.20. The second kappa shape index (κ2) is 5.73. The minimum atomic E-state index is -3.44. The van der Waals surface area contributed by atoms with Crippen LogP contribution in [0.5, 0.6) is 0 Å². The monoisotopic (exact) mass is 342 g/mol. The second-order valence-corrected chi connectivity index (χ2v) is 7.25. The number of hydrogen-bond acceptors (Lipinski definition) is 4. The van der Waals surface area contributed by atoms with Crippen molar-refractivity contribution < 1.29 is 13.2 Å². The van der Waals surface area contributed by atoms with E-state index < -0.39 is 21.2 Å². The smallest absolute Gasteiger partial charge is 0.277 e. The molecule has 2 aromatic rings. The van der Waals surface area contributed by atoms with E-state index in [9.17, 15) is 18.0 Å².